The van der Waals surface area contributed by atoms with Crippen LogP contribution in [-0.4, -0.2) is 25.7 Å². The normalized spacial score (nSPS) is 17.2. The molecule has 1 fully saturated rings. The van der Waals surface area contributed by atoms with Crippen molar-refractivity contribution in [2.45, 2.75) is 32.2 Å². The Balaban J connectivity index is 1.94. The average Bonchev–Trinajstić information content (AvgIpc) is 2.40. The van der Waals surface area contributed by atoms with Gasteiger partial charge in [-0.1, -0.05) is 18.5 Å². The molecule has 0 radical (unpaired) electrons. The monoisotopic (exact) mass is 270 g/mol. The molecule has 1 aliphatic rings. The molecule has 1 aromatic rings. The predicted octanol–water partition coefficient (Wildman–Crippen LogP) is 3.45. The van der Waals surface area contributed by atoms with Crippen LogP contribution in [0.15, 0.2) is 18.2 Å². The summed E-state index contributed by atoms with van der Waals surface area (Å²) in [5.41, 5.74) is 0.636. The van der Waals surface area contributed by atoms with Gasteiger partial charge in [-0.05, 0) is 44.0 Å². The number of benzene rings is 1. The maximum absolute atomic E-state index is 13.7. The van der Waals surface area contributed by atoms with E-state index in [0.29, 0.717) is 16.8 Å². The summed E-state index contributed by atoms with van der Waals surface area (Å²) in [6.07, 6.45) is 3.28. The molecule has 4 heteroatoms. The van der Waals surface area contributed by atoms with E-state index in [9.17, 15) is 4.39 Å². The summed E-state index contributed by atoms with van der Waals surface area (Å²) < 4.78 is 13.7. The molecule has 0 bridgehead atoms. The smallest absolute Gasteiger partial charge is 0.146 e. The Morgan fingerprint density at radius 1 is 1.39 bits per heavy atom. The Morgan fingerprint density at radius 2 is 2.11 bits per heavy atom. The minimum Gasteiger partial charge on any atom is -0.369 e. The van der Waals surface area contributed by atoms with Crippen molar-refractivity contribution >= 4 is 17.3 Å². The van der Waals surface area contributed by atoms with Gasteiger partial charge in [0.1, 0.15) is 5.82 Å². The van der Waals surface area contributed by atoms with Crippen LogP contribution in [0.5, 0.6) is 0 Å². The number of halogens is 2. The summed E-state index contributed by atoms with van der Waals surface area (Å²) in [5, 5.41) is 4.12. The third kappa shape index (κ3) is 3.36. The molecule has 2 nitrogen and oxygen atoms in total. The summed E-state index contributed by atoms with van der Waals surface area (Å²) >= 11 is 5.93. The highest BCUT2D eigenvalue weighted by atomic mass is 35.5. The van der Waals surface area contributed by atoms with E-state index >= 15 is 0 Å². The Bertz CT molecular complexity index is 389. The van der Waals surface area contributed by atoms with Crippen molar-refractivity contribution in [2.24, 2.45) is 0 Å². The molecule has 2 rings (SSSR count). The van der Waals surface area contributed by atoms with Gasteiger partial charge in [-0.3, -0.25) is 0 Å². The molecule has 0 aliphatic carbocycles. The lowest BCUT2D eigenvalue weighted by Gasteiger charge is -2.34. The highest BCUT2D eigenvalue weighted by Gasteiger charge is 2.20. The molecule has 100 valence electrons. The molecule has 0 aromatic heterocycles. The quantitative estimate of drug-likeness (QED) is 0.902. The number of hydrogen-bond donors (Lipinski definition) is 1. The summed E-state index contributed by atoms with van der Waals surface area (Å²) in [7, 11) is 0. The molecule has 1 N–H and O–H groups in total. The van der Waals surface area contributed by atoms with Crippen LogP contribution in [0.2, 0.25) is 5.02 Å². The van der Waals surface area contributed by atoms with Crippen LogP contribution in [0.4, 0.5) is 10.1 Å². The van der Waals surface area contributed by atoms with Crippen molar-refractivity contribution in [3.05, 3.63) is 29.0 Å². The van der Waals surface area contributed by atoms with Gasteiger partial charge in [0.25, 0.3) is 0 Å². The van der Waals surface area contributed by atoms with Crippen LogP contribution in [0.25, 0.3) is 0 Å². The molecule has 0 atom stereocenters. The van der Waals surface area contributed by atoms with Gasteiger partial charge in [0, 0.05) is 24.2 Å². The molecule has 1 aromatic carbocycles. The summed E-state index contributed by atoms with van der Waals surface area (Å²) in [4.78, 5) is 2.09. The highest BCUT2D eigenvalue weighted by molar-refractivity contribution is 6.30. The molecule has 0 unspecified atom stereocenters. The molecule has 1 aliphatic heterocycles. The zero-order valence-electron chi connectivity index (χ0n) is 10.8. The van der Waals surface area contributed by atoms with E-state index in [0.717, 1.165) is 38.9 Å². The second-order valence-corrected chi connectivity index (χ2v) is 5.25. The second kappa shape index (κ2) is 6.39. The molecule has 1 saturated heterocycles. The van der Waals surface area contributed by atoms with Gasteiger partial charge >= 0.3 is 0 Å². The largest absolute Gasteiger partial charge is 0.369 e. The maximum Gasteiger partial charge on any atom is 0.146 e. The maximum atomic E-state index is 13.7. The molecule has 0 saturated carbocycles. The second-order valence-electron chi connectivity index (χ2n) is 4.81. The van der Waals surface area contributed by atoms with Gasteiger partial charge in [0.05, 0.1) is 5.69 Å². The van der Waals surface area contributed by atoms with Gasteiger partial charge in [-0.25, -0.2) is 4.39 Å². The molecule has 0 amide bonds. The van der Waals surface area contributed by atoms with Crippen molar-refractivity contribution in [2.75, 3.05) is 24.5 Å². The van der Waals surface area contributed by atoms with Gasteiger partial charge in [-0.2, -0.15) is 0 Å². The van der Waals surface area contributed by atoms with Crippen LogP contribution in [-0.2, 0) is 0 Å². The summed E-state index contributed by atoms with van der Waals surface area (Å²) in [6.45, 7) is 5.01. The van der Waals surface area contributed by atoms with Crippen molar-refractivity contribution in [1.29, 1.82) is 0 Å². The van der Waals surface area contributed by atoms with E-state index in [1.807, 2.05) is 0 Å². The Morgan fingerprint density at radius 3 is 2.78 bits per heavy atom. The third-order valence-electron chi connectivity index (χ3n) is 3.43. The number of anilines is 1. The first-order chi connectivity index (χ1) is 8.70. The van der Waals surface area contributed by atoms with Crippen LogP contribution >= 0.6 is 11.6 Å². The van der Waals surface area contributed by atoms with E-state index in [1.165, 1.54) is 6.07 Å². The lowest BCUT2D eigenvalue weighted by atomic mass is 10.0. The highest BCUT2D eigenvalue weighted by Crippen LogP contribution is 2.26. The molecule has 1 heterocycles. The van der Waals surface area contributed by atoms with E-state index in [-0.39, 0.29) is 5.82 Å². The fourth-order valence-corrected chi connectivity index (χ4v) is 2.57. The van der Waals surface area contributed by atoms with E-state index in [1.54, 1.807) is 12.1 Å². The first-order valence-electron chi connectivity index (χ1n) is 6.64. The standard InChI is InChI=1S/C14H20ClFN2/c1-2-7-17-12-5-8-18(9-6-12)14-10-11(15)3-4-13(14)16/h3-4,10,12,17H,2,5-9H2,1H3. The topological polar surface area (TPSA) is 15.3 Å². The zero-order valence-corrected chi connectivity index (χ0v) is 11.5. The van der Waals surface area contributed by atoms with Crippen molar-refractivity contribution < 1.29 is 4.39 Å². The van der Waals surface area contributed by atoms with Crippen molar-refractivity contribution in [3.63, 3.8) is 0 Å². The SMILES string of the molecule is CCCNC1CCN(c2cc(Cl)ccc2F)CC1. The third-order valence-corrected chi connectivity index (χ3v) is 3.66. The van der Waals surface area contributed by atoms with Crippen molar-refractivity contribution in [1.82, 2.24) is 5.32 Å². The minimum atomic E-state index is -0.181. The van der Waals surface area contributed by atoms with Crippen LogP contribution in [0.3, 0.4) is 0 Å². The predicted molar refractivity (Wildman–Crippen MR) is 74.9 cm³/mol. The van der Waals surface area contributed by atoms with Crippen molar-refractivity contribution in [3.8, 4) is 0 Å². The van der Waals surface area contributed by atoms with E-state index < -0.39 is 0 Å². The Kier molecular flexibility index (Phi) is 4.84. The number of nitrogens with one attached hydrogen (secondary N) is 1. The number of hydrogen-bond acceptors (Lipinski definition) is 2. The van der Waals surface area contributed by atoms with Gasteiger partial charge < -0.3 is 10.2 Å². The number of rotatable bonds is 4. The van der Waals surface area contributed by atoms with Crippen LogP contribution in [0.1, 0.15) is 26.2 Å². The minimum absolute atomic E-state index is 0.181. The van der Waals surface area contributed by atoms with E-state index in [4.69, 9.17) is 11.6 Å². The van der Waals surface area contributed by atoms with E-state index in [2.05, 4.69) is 17.1 Å². The molecule has 0 spiro atoms. The summed E-state index contributed by atoms with van der Waals surface area (Å²) in [6, 6.07) is 5.33. The number of piperidine rings is 1. The Labute approximate surface area is 113 Å². The first kappa shape index (κ1) is 13.6. The molecular formula is C14H20ClFN2. The fourth-order valence-electron chi connectivity index (χ4n) is 2.40. The van der Waals surface area contributed by atoms with Gasteiger partial charge in [0.2, 0.25) is 0 Å². The zero-order chi connectivity index (χ0) is 13.0. The Hall–Kier alpha value is -0.800. The first-order valence-corrected chi connectivity index (χ1v) is 7.02. The fraction of sp³-hybridized carbons (Fsp3) is 0.571. The molecular weight excluding hydrogens is 251 g/mol. The average molecular weight is 271 g/mol. The lowest BCUT2D eigenvalue weighted by Crippen LogP contribution is -2.43. The van der Waals surface area contributed by atoms with Crippen LogP contribution < -0.4 is 10.2 Å². The number of nitrogens with zero attached hydrogens (tertiary/aromatic N) is 1. The summed E-state index contributed by atoms with van der Waals surface area (Å²) in [5.74, 6) is -0.181. The molecule has 18 heavy (non-hydrogen) atoms. The van der Waals surface area contributed by atoms with Gasteiger partial charge in [-0.15, -0.1) is 0 Å². The lowest BCUT2D eigenvalue weighted by molar-refractivity contribution is 0.413. The van der Waals surface area contributed by atoms with Gasteiger partial charge in [0.15, 0.2) is 0 Å². The van der Waals surface area contributed by atoms with Crippen LogP contribution in [0, 0.1) is 5.82 Å².